The molecular formula is C12H20O. The first-order valence-corrected chi connectivity index (χ1v) is 5.33. The molecule has 4 atom stereocenters. The highest BCUT2D eigenvalue weighted by Crippen LogP contribution is 2.61. The maximum absolute atomic E-state index is 5.55. The van der Waals surface area contributed by atoms with Crippen LogP contribution in [0.4, 0.5) is 0 Å². The van der Waals surface area contributed by atoms with Gasteiger partial charge in [-0.25, -0.2) is 0 Å². The summed E-state index contributed by atoms with van der Waals surface area (Å²) in [6.45, 7) is 10.8. The highest BCUT2D eigenvalue weighted by molar-refractivity contribution is 5.05. The molecule has 0 aliphatic heterocycles. The summed E-state index contributed by atoms with van der Waals surface area (Å²) in [5, 5.41) is 0. The van der Waals surface area contributed by atoms with Gasteiger partial charge >= 0.3 is 0 Å². The molecule has 74 valence electrons. The molecule has 0 heterocycles. The highest BCUT2D eigenvalue weighted by atomic mass is 16.5. The molecule has 3 rings (SSSR count). The summed E-state index contributed by atoms with van der Waals surface area (Å²) in [4.78, 5) is 0. The van der Waals surface area contributed by atoms with Crippen molar-refractivity contribution in [2.24, 2.45) is 23.2 Å². The molecular weight excluding hydrogens is 160 g/mol. The van der Waals surface area contributed by atoms with Crippen LogP contribution in [0.3, 0.4) is 0 Å². The van der Waals surface area contributed by atoms with Gasteiger partial charge in [0.25, 0.3) is 0 Å². The van der Waals surface area contributed by atoms with Crippen LogP contribution in [0.15, 0.2) is 12.8 Å². The molecule has 0 aromatic carbocycles. The molecule has 0 aromatic rings. The summed E-state index contributed by atoms with van der Waals surface area (Å²) in [7, 11) is 0. The van der Waals surface area contributed by atoms with Crippen LogP contribution in [-0.4, -0.2) is 6.10 Å². The Bertz CT molecular complexity index is 219. The molecule has 0 aromatic heterocycles. The summed E-state index contributed by atoms with van der Waals surface area (Å²) in [5.74, 6) is 2.47. The Hall–Kier alpha value is -0.460. The Morgan fingerprint density at radius 1 is 1.38 bits per heavy atom. The standard InChI is InChI=1S/C12H20O/c1-5-13-11-7-9-6-10(8(11)2)12(9,3)4/h5,8-11H,1,6-7H2,2-4H3/t8-,9+,10-,11-/m1/s1. The minimum absolute atomic E-state index is 0.439. The van der Waals surface area contributed by atoms with Gasteiger partial charge in [0, 0.05) is 0 Å². The van der Waals surface area contributed by atoms with Gasteiger partial charge in [-0.2, -0.15) is 0 Å². The molecule has 0 amide bonds. The molecule has 0 N–H and O–H groups in total. The monoisotopic (exact) mass is 180 g/mol. The first-order valence-electron chi connectivity index (χ1n) is 5.33. The van der Waals surface area contributed by atoms with E-state index in [0.29, 0.717) is 17.4 Å². The SMILES string of the molecule is C=CO[C@@H]1C[C@@H]2C[C@H]([C@H]1C)C2(C)C. The van der Waals surface area contributed by atoms with Crippen molar-refractivity contribution in [2.45, 2.75) is 39.7 Å². The van der Waals surface area contributed by atoms with Gasteiger partial charge in [0.2, 0.25) is 0 Å². The van der Waals surface area contributed by atoms with Crippen molar-refractivity contribution in [1.29, 1.82) is 0 Å². The number of fused-ring (bicyclic) bond motifs is 2. The lowest BCUT2D eigenvalue weighted by molar-refractivity contribution is -0.156. The van der Waals surface area contributed by atoms with E-state index in [1.807, 2.05) is 0 Å². The van der Waals surface area contributed by atoms with Gasteiger partial charge in [0.05, 0.1) is 6.26 Å². The molecule has 3 aliphatic carbocycles. The Labute approximate surface area is 81.2 Å². The van der Waals surface area contributed by atoms with E-state index in [1.165, 1.54) is 12.8 Å². The van der Waals surface area contributed by atoms with E-state index in [9.17, 15) is 0 Å². The molecule has 3 fully saturated rings. The summed E-state index contributed by atoms with van der Waals surface area (Å²) in [5.41, 5.74) is 0.570. The summed E-state index contributed by atoms with van der Waals surface area (Å²) >= 11 is 0. The van der Waals surface area contributed by atoms with Gasteiger partial charge < -0.3 is 4.74 Å². The maximum atomic E-state index is 5.55. The smallest absolute Gasteiger partial charge is 0.101 e. The van der Waals surface area contributed by atoms with Crippen molar-refractivity contribution in [1.82, 2.24) is 0 Å². The maximum Gasteiger partial charge on any atom is 0.101 e. The van der Waals surface area contributed by atoms with E-state index in [0.717, 1.165) is 11.8 Å². The van der Waals surface area contributed by atoms with Crippen molar-refractivity contribution in [3.05, 3.63) is 12.8 Å². The molecule has 0 saturated heterocycles. The van der Waals surface area contributed by atoms with Crippen LogP contribution in [-0.2, 0) is 4.74 Å². The van der Waals surface area contributed by atoms with Crippen LogP contribution in [0.2, 0.25) is 0 Å². The third-order valence-electron chi connectivity index (χ3n) is 4.56. The van der Waals surface area contributed by atoms with Crippen LogP contribution in [0.1, 0.15) is 33.6 Å². The second-order valence-corrected chi connectivity index (χ2v) is 5.30. The van der Waals surface area contributed by atoms with Gasteiger partial charge in [-0.05, 0) is 36.0 Å². The summed E-state index contributed by atoms with van der Waals surface area (Å²) in [6.07, 6.45) is 4.70. The quantitative estimate of drug-likeness (QED) is 0.593. The van der Waals surface area contributed by atoms with Crippen LogP contribution in [0, 0.1) is 23.2 Å². The molecule has 3 saturated carbocycles. The first kappa shape index (κ1) is 9.11. The molecule has 1 nitrogen and oxygen atoms in total. The van der Waals surface area contributed by atoms with Crippen molar-refractivity contribution in [2.75, 3.05) is 0 Å². The van der Waals surface area contributed by atoms with Gasteiger partial charge in [0.15, 0.2) is 0 Å². The molecule has 0 radical (unpaired) electrons. The van der Waals surface area contributed by atoms with Gasteiger partial charge in [-0.15, -0.1) is 0 Å². The molecule has 13 heavy (non-hydrogen) atoms. The molecule has 1 heteroatoms. The van der Waals surface area contributed by atoms with Gasteiger partial charge in [-0.1, -0.05) is 27.4 Å². The zero-order chi connectivity index (χ0) is 9.64. The lowest BCUT2D eigenvalue weighted by Crippen LogP contribution is -2.56. The first-order chi connectivity index (χ1) is 6.07. The third-order valence-corrected chi connectivity index (χ3v) is 4.56. The number of hydrogen-bond acceptors (Lipinski definition) is 1. The molecule has 0 unspecified atom stereocenters. The third kappa shape index (κ3) is 1.13. The number of ether oxygens (including phenoxy) is 1. The van der Waals surface area contributed by atoms with E-state index in [-0.39, 0.29) is 0 Å². The largest absolute Gasteiger partial charge is 0.498 e. The van der Waals surface area contributed by atoms with Crippen LogP contribution < -0.4 is 0 Å². The van der Waals surface area contributed by atoms with Gasteiger partial charge in [-0.3, -0.25) is 0 Å². The van der Waals surface area contributed by atoms with E-state index in [2.05, 4.69) is 27.4 Å². The minimum Gasteiger partial charge on any atom is -0.498 e. The van der Waals surface area contributed by atoms with Crippen molar-refractivity contribution >= 4 is 0 Å². The summed E-state index contributed by atoms with van der Waals surface area (Å²) in [6, 6.07) is 0. The highest BCUT2D eigenvalue weighted by Gasteiger charge is 2.56. The summed E-state index contributed by atoms with van der Waals surface area (Å²) < 4.78 is 5.55. The molecule has 3 aliphatic rings. The lowest BCUT2D eigenvalue weighted by Gasteiger charge is -2.61. The Balaban J connectivity index is 2.07. The number of hydrogen-bond donors (Lipinski definition) is 0. The Kier molecular flexibility index (Phi) is 1.94. The van der Waals surface area contributed by atoms with Crippen LogP contribution in [0.5, 0.6) is 0 Å². The van der Waals surface area contributed by atoms with Crippen molar-refractivity contribution in [3.8, 4) is 0 Å². The fourth-order valence-corrected chi connectivity index (χ4v) is 3.41. The minimum atomic E-state index is 0.439. The fourth-order valence-electron chi connectivity index (χ4n) is 3.41. The predicted molar refractivity (Wildman–Crippen MR) is 54.2 cm³/mol. The average molecular weight is 180 g/mol. The predicted octanol–water partition coefficient (Wildman–Crippen LogP) is 3.22. The molecule has 0 spiro atoms. The zero-order valence-electron chi connectivity index (χ0n) is 8.92. The zero-order valence-corrected chi connectivity index (χ0v) is 8.92. The second kappa shape index (κ2) is 2.76. The fraction of sp³-hybridized carbons (Fsp3) is 0.833. The van der Waals surface area contributed by atoms with Gasteiger partial charge in [0.1, 0.15) is 6.10 Å². The normalized spacial score (nSPS) is 46.4. The topological polar surface area (TPSA) is 9.23 Å². The van der Waals surface area contributed by atoms with E-state index in [4.69, 9.17) is 4.74 Å². The Morgan fingerprint density at radius 2 is 2.08 bits per heavy atom. The average Bonchev–Trinajstić information content (AvgIpc) is 2.08. The van der Waals surface area contributed by atoms with E-state index in [1.54, 1.807) is 6.26 Å². The van der Waals surface area contributed by atoms with E-state index < -0.39 is 0 Å². The Morgan fingerprint density at radius 3 is 2.54 bits per heavy atom. The van der Waals surface area contributed by atoms with Crippen molar-refractivity contribution < 1.29 is 4.74 Å². The van der Waals surface area contributed by atoms with E-state index >= 15 is 0 Å². The molecule has 2 bridgehead atoms. The second-order valence-electron chi connectivity index (χ2n) is 5.30. The number of rotatable bonds is 2. The lowest BCUT2D eigenvalue weighted by atomic mass is 9.45. The van der Waals surface area contributed by atoms with Crippen LogP contribution >= 0.6 is 0 Å². The van der Waals surface area contributed by atoms with Crippen LogP contribution in [0.25, 0.3) is 0 Å². The van der Waals surface area contributed by atoms with Crippen molar-refractivity contribution in [3.63, 3.8) is 0 Å².